The Labute approximate surface area is 234 Å². The minimum atomic E-state index is -3.82. The fourth-order valence-corrected chi connectivity index (χ4v) is 5.96. The molecular weight excluding hydrogens is 557 g/mol. The van der Waals surface area contributed by atoms with Crippen molar-refractivity contribution in [1.82, 2.24) is 10.2 Å². The summed E-state index contributed by atoms with van der Waals surface area (Å²) in [7, 11) is -3.82. The number of anilines is 1. The fourth-order valence-electron chi connectivity index (χ4n) is 4.52. The number of halogens is 3. The Morgan fingerprint density at radius 1 is 1.00 bits per heavy atom. The van der Waals surface area contributed by atoms with Crippen molar-refractivity contribution >= 4 is 62.3 Å². The average molecular weight is 589 g/mol. The van der Waals surface area contributed by atoms with Crippen LogP contribution in [0.3, 0.4) is 0 Å². The molecule has 1 aliphatic carbocycles. The number of carbonyl (C=O) groups is 2. The van der Waals surface area contributed by atoms with Crippen LogP contribution in [-0.4, -0.2) is 50.0 Å². The van der Waals surface area contributed by atoms with Crippen molar-refractivity contribution < 1.29 is 18.0 Å². The summed E-state index contributed by atoms with van der Waals surface area (Å²) in [4.78, 5) is 28.6. The van der Waals surface area contributed by atoms with Gasteiger partial charge < -0.3 is 10.2 Å². The molecule has 1 unspecified atom stereocenters. The molecule has 0 saturated heterocycles. The maximum atomic E-state index is 13.8. The summed E-state index contributed by atoms with van der Waals surface area (Å²) in [5, 5.41) is 4.34. The van der Waals surface area contributed by atoms with Crippen molar-refractivity contribution in [3.05, 3.63) is 63.1 Å². The van der Waals surface area contributed by atoms with E-state index in [1.165, 1.54) is 17.0 Å². The summed E-state index contributed by atoms with van der Waals surface area (Å²) < 4.78 is 26.3. The largest absolute Gasteiger partial charge is 0.352 e. The fraction of sp³-hybridized carbons (Fsp3) is 0.462. The van der Waals surface area contributed by atoms with Gasteiger partial charge in [0.05, 0.1) is 11.9 Å². The van der Waals surface area contributed by atoms with E-state index in [-0.39, 0.29) is 18.5 Å². The zero-order valence-corrected chi connectivity index (χ0v) is 24.0. The second kappa shape index (κ2) is 13.2. The molecule has 0 spiro atoms. The van der Waals surface area contributed by atoms with E-state index in [1.807, 2.05) is 6.92 Å². The Bertz CT molecular complexity index is 1200. The number of rotatable bonds is 10. The van der Waals surface area contributed by atoms with Crippen LogP contribution in [0.1, 0.15) is 51.0 Å². The Morgan fingerprint density at radius 2 is 1.62 bits per heavy atom. The number of nitrogens with zero attached hydrogens (tertiary/aromatic N) is 2. The number of sulfonamides is 1. The third-order valence-electron chi connectivity index (χ3n) is 6.49. The van der Waals surface area contributed by atoms with Gasteiger partial charge in [-0.25, -0.2) is 8.42 Å². The molecule has 0 heterocycles. The van der Waals surface area contributed by atoms with Gasteiger partial charge in [-0.2, -0.15) is 0 Å². The van der Waals surface area contributed by atoms with Crippen LogP contribution in [0.15, 0.2) is 42.5 Å². The molecule has 2 aromatic carbocycles. The number of amides is 2. The van der Waals surface area contributed by atoms with Crippen LogP contribution in [0.4, 0.5) is 5.69 Å². The highest BCUT2D eigenvalue weighted by atomic mass is 35.5. The maximum absolute atomic E-state index is 13.8. The van der Waals surface area contributed by atoms with Gasteiger partial charge in [-0.1, -0.05) is 67.1 Å². The molecule has 0 radical (unpaired) electrons. The molecule has 11 heteroatoms. The highest BCUT2D eigenvalue weighted by molar-refractivity contribution is 7.92. The molecule has 2 amide bonds. The molecule has 3 rings (SSSR count). The minimum Gasteiger partial charge on any atom is -0.352 e. The molecule has 2 aromatic rings. The highest BCUT2D eigenvalue weighted by Gasteiger charge is 2.33. The molecule has 1 saturated carbocycles. The normalized spacial score (nSPS) is 15.2. The quantitative estimate of drug-likeness (QED) is 0.388. The first kappa shape index (κ1) is 29.6. The first-order valence-electron chi connectivity index (χ1n) is 12.3. The standard InChI is InChI=1S/C26H32Cl3N3O4S/c1-3-24(26(34)30-21-7-5-4-6-8-21)31(16-18-9-10-20(28)15-23(18)29)25(33)17-32(37(2,35)36)22-13-11-19(27)12-14-22/h9-15,21,24H,3-8,16-17H2,1-2H3,(H,30,34). The maximum Gasteiger partial charge on any atom is 0.244 e. The summed E-state index contributed by atoms with van der Waals surface area (Å²) in [6.45, 7) is 1.35. The molecular formula is C26H32Cl3N3O4S. The highest BCUT2D eigenvalue weighted by Crippen LogP contribution is 2.26. The third kappa shape index (κ3) is 8.24. The first-order valence-corrected chi connectivity index (χ1v) is 15.2. The minimum absolute atomic E-state index is 0.0175. The van der Waals surface area contributed by atoms with E-state index in [0.29, 0.717) is 32.7 Å². The van der Waals surface area contributed by atoms with Crippen LogP contribution in [-0.2, 0) is 26.2 Å². The van der Waals surface area contributed by atoms with Crippen molar-refractivity contribution in [3.63, 3.8) is 0 Å². The molecule has 37 heavy (non-hydrogen) atoms. The number of nitrogens with one attached hydrogen (secondary N) is 1. The van der Waals surface area contributed by atoms with Gasteiger partial charge in [0, 0.05) is 27.7 Å². The lowest BCUT2D eigenvalue weighted by Crippen LogP contribution is -2.54. The van der Waals surface area contributed by atoms with Crippen LogP contribution in [0, 0.1) is 0 Å². The molecule has 0 aromatic heterocycles. The van der Waals surface area contributed by atoms with Crippen molar-refractivity contribution in [1.29, 1.82) is 0 Å². The SMILES string of the molecule is CCC(C(=O)NC1CCCCC1)N(Cc1ccc(Cl)cc1Cl)C(=O)CN(c1ccc(Cl)cc1)S(C)(=O)=O. The van der Waals surface area contributed by atoms with E-state index in [4.69, 9.17) is 34.8 Å². The number of carbonyl (C=O) groups excluding carboxylic acids is 2. The third-order valence-corrected chi connectivity index (χ3v) is 8.47. The van der Waals surface area contributed by atoms with Crippen LogP contribution in [0.25, 0.3) is 0 Å². The summed E-state index contributed by atoms with van der Waals surface area (Å²) in [5.41, 5.74) is 0.894. The van der Waals surface area contributed by atoms with Crippen LogP contribution < -0.4 is 9.62 Å². The summed E-state index contributed by atoms with van der Waals surface area (Å²) in [5.74, 6) is -0.790. The second-order valence-corrected chi connectivity index (χ2v) is 12.5. The second-order valence-electron chi connectivity index (χ2n) is 9.27. The smallest absolute Gasteiger partial charge is 0.244 e. The van der Waals surface area contributed by atoms with Crippen LogP contribution >= 0.6 is 34.8 Å². The summed E-state index contributed by atoms with van der Waals surface area (Å²) in [6.07, 6.45) is 6.42. The van der Waals surface area contributed by atoms with Crippen LogP contribution in [0.2, 0.25) is 15.1 Å². The Morgan fingerprint density at radius 3 is 2.19 bits per heavy atom. The van der Waals surface area contributed by atoms with Crippen molar-refractivity contribution in [2.75, 3.05) is 17.1 Å². The van der Waals surface area contributed by atoms with Gasteiger partial charge in [0.2, 0.25) is 21.8 Å². The molecule has 0 bridgehead atoms. The molecule has 7 nitrogen and oxygen atoms in total. The van der Waals surface area contributed by atoms with Crippen molar-refractivity contribution in [2.24, 2.45) is 0 Å². The van der Waals surface area contributed by atoms with Crippen molar-refractivity contribution in [2.45, 2.75) is 64.1 Å². The number of hydrogen-bond acceptors (Lipinski definition) is 4. The molecule has 1 atom stereocenters. The molecule has 1 N–H and O–H groups in total. The van der Waals surface area contributed by atoms with E-state index in [0.717, 1.165) is 42.7 Å². The van der Waals surface area contributed by atoms with Gasteiger partial charge in [-0.15, -0.1) is 0 Å². The van der Waals surface area contributed by atoms with E-state index in [1.54, 1.807) is 30.3 Å². The Balaban J connectivity index is 1.93. The van der Waals surface area contributed by atoms with E-state index < -0.39 is 28.5 Å². The van der Waals surface area contributed by atoms with Crippen molar-refractivity contribution in [3.8, 4) is 0 Å². The van der Waals surface area contributed by atoms with Gasteiger partial charge in [0.25, 0.3) is 0 Å². The van der Waals surface area contributed by atoms with Gasteiger partial charge in [0.15, 0.2) is 0 Å². The van der Waals surface area contributed by atoms with E-state index >= 15 is 0 Å². The van der Waals surface area contributed by atoms with E-state index in [2.05, 4.69) is 5.32 Å². The summed E-state index contributed by atoms with van der Waals surface area (Å²) >= 11 is 18.4. The average Bonchev–Trinajstić information content (AvgIpc) is 2.84. The lowest BCUT2D eigenvalue weighted by molar-refractivity contribution is -0.140. The van der Waals surface area contributed by atoms with Gasteiger partial charge >= 0.3 is 0 Å². The molecule has 1 aliphatic rings. The van der Waals surface area contributed by atoms with Crippen LogP contribution in [0.5, 0.6) is 0 Å². The zero-order valence-electron chi connectivity index (χ0n) is 20.9. The summed E-state index contributed by atoms with van der Waals surface area (Å²) in [6, 6.07) is 10.3. The molecule has 202 valence electrons. The molecule has 0 aliphatic heterocycles. The number of benzene rings is 2. The topological polar surface area (TPSA) is 86.8 Å². The predicted molar refractivity (Wildman–Crippen MR) is 150 cm³/mol. The molecule has 1 fully saturated rings. The zero-order chi connectivity index (χ0) is 27.2. The Kier molecular flexibility index (Phi) is 10.5. The van der Waals surface area contributed by atoms with Gasteiger partial charge in [-0.3, -0.25) is 13.9 Å². The predicted octanol–water partition coefficient (Wildman–Crippen LogP) is 5.67. The van der Waals surface area contributed by atoms with Gasteiger partial charge in [0.1, 0.15) is 12.6 Å². The monoisotopic (exact) mass is 587 g/mol. The lowest BCUT2D eigenvalue weighted by Gasteiger charge is -2.34. The van der Waals surface area contributed by atoms with Gasteiger partial charge in [-0.05, 0) is 61.2 Å². The Hall–Kier alpha value is -2.00. The lowest BCUT2D eigenvalue weighted by atomic mass is 9.95. The first-order chi connectivity index (χ1) is 17.5. The number of hydrogen-bond donors (Lipinski definition) is 1. The van der Waals surface area contributed by atoms with E-state index in [9.17, 15) is 18.0 Å².